The zero-order chi connectivity index (χ0) is 18.8. The molecular formula is C24H19NO2. The Morgan fingerprint density at radius 3 is 2.00 bits per heavy atom. The molecular weight excluding hydrogens is 334 g/mol. The second-order valence-electron chi connectivity index (χ2n) is 6.52. The summed E-state index contributed by atoms with van der Waals surface area (Å²) in [4.78, 5) is 13.4. The van der Waals surface area contributed by atoms with E-state index < -0.39 is 5.97 Å². The largest absolute Gasteiger partial charge is 0.478 e. The molecule has 0 amide bonds. The van der Waals surface area contributed by atoms with Crippen molar-refractivity contribution in [1.29, 1.82) is 0 Å². The third-order valence-corrected chi connectivity index (χ3v) is 4.67. The number of rotatable bonds is 4. The summed E-state index contributed by atoms with van der Waals surface area (Å²) in [5.74, 6) is -0.923. The number of carboxylic acid groups (broad SMARTS) is 1. The molecule has 0 spiro atoms. The number of hydrogen-bond acceptors (Lipinski definition) is 2. The molecule has 0 aliphatic rings. The number of carboxylic acids is 1. The highest BCUT2D eigenvalue weighted by molar-refractivity contribution is 5.99. The zero-order valence-electron chi connectivity index (χ0n) is 15.0. The summed E-state index contributed by atoms with van der Waals surface area (Å²) >= 11 is 0. The van der Waals surface area contributed by atoms with Crippen LogP contribution >= 0.6 is 0 Å². The summed E-state index contributed by atoms with van der Waals surface area (Å²) in [6, 6.07) is 29.8. The average molecular weight is 353 g/mol. The number of fused-ring (bicyclic) bond motifs is 1. The second-order valence-corrected chi connectivity index (χ2v) is 6.52. The van der Waals surface area contributed by atoms with E-state index in [1.54, 1.807) is 12.1 Å². The fourth-order valence-electron chi connectivity index (χ4n) is 3.28. The monoisotopic (exact) mass is 353 g/mol. The van der Waals surface area contributed by atoms with Crippen LogP contribution < -0.4 is 4.90 Å². The molecule has 4 aromatic carbocycles. The lowest BCUT2D eigenvalue weighted by Crippen LogP contribution is -2.10. The molecule has 0 aliphatic heterocycles. The molecule has 0 aromatic heterocycles. The first-order valence-electron chi connectivity index (χ1n) is 8.81. The van der Waals surface area contributed by atoms with Crippen LogP contribution in [-0.4, -0.2) is 11.1 Å². The van der Waals surface area contributed by atoms with Gasteiger partial charge in [0.25, 0.3) is 0 Å². The predicted molar refractivity (Wildman–Crippen MR) is 110 cm³/mol. The lowest BCUT2D eigenvalue weighted by Gasteiger charge is -2.27. The van der Waals surface area contributed by atoms with Crippen molar-refractivity contribution >= 4 is 33.8 Å². The first kappa shape index (κ1) is 16.9. The van der Waals surface area contributed by atoms with Crippen molar-refractivity contribution in [3.8, 4) is 0 Å². The van der Waals surface area contributed by atoms with Gasteiger partial charge in [-0.2, -0.15) is 0 Å². The molecule has 0 saturated heterocycles. The van der Waals surface area contributed by atoms with Gasteiger partial charge in [-0.1, -0.05) is 54.1 Å². The third kappa shape index (κ3) is 3.27. The van der Waals surface area contributed by atoms with Crippen LogP contribution in [0, 0.1) is 6.92 Å². The van der Waals surface area contributed by atoms with Crippen LogP contribution in [-0.2, 0) is 0 Å². The number of nitrogens with zero attached hydrogens (tertiary/aromatic N) is 1. The molecule has 0 atom stereocenters. The van der Waals surface area contributed by atoms with E-state index >= 15 is 0 Å². The van der Waals surface area contributed by atoms with Crippen molar-refractivity contribution in [3.05, 3.63) is 102 Å². The van der Waals surface area contributed by atoms with Gasteiger partial charge in [0.2, 0.25) is 0 Å². The molecule has 3 heteroatoms. The maximum Gasteiger partial charge on any atom is 0.335 e. The topological polar surface area (TPSA) is 40.5 Å². The van der Waals surface area contributed by atoms with Gasteiger partial charge in [-0.25, -0.2) is 4.79 Å². The van der Waals surface area contributed by atoms with Crippen LogP contribution in [0.5, 0.6) is 0 Å². The Morgan fingerprint density at radius 2 is 1.33 bits per heavy atom. The molecule has 0 unspecified atom stereocenters. The summed E-state index contributed by atoms with van der Waals surface area (Å²) in [5.41, 5.74) is 4.47. The van der Waals surface area contributed by atoms with E-state index in [4.69, 9.17) is 0 Å². The smallest absolute Gasteiger partial charge is 0.335 e. The van der Waals surface area contributed by atoms with Crippen LogP contribution in [0.25, 0.3) is 10.8 Å². The molecule has 4 aromatic rings. The zero-order valence-corrected chi connectivity index (χ0v) is 15.0. The average Bonchev–Trinajstić information content (AvgIpc) is 2.70. The van der Waals surface area contributed by atoms with E-state index in [1.807, 2.05) is 30.3 Å². The van der Waals surface area contributed by atoms with Crippen molar-refractivity contribution in [2.45, 2.75) is 6.92 Å². The molecule has 132 valence electrons. The Hall–Kier alpha value is -3.59. The van der Waals surface area contributed by atoms with Gasteiger partial charge in [0.05, 0.1) is 11.3 Å². The fourth-order valence-corrected chi connectivity index (χ4v) is 3.28. The normalized spacial score (nSPS) is 10.7. The number of aromatic carboxylic acids is 1. The van der Waals surface area contributed by atoms with E-state index in [2.05, 4.69) is 60.4 Å². The van der Waals surface area contributed by atoms with Crippen LogP contribution in [0.1, 0.15) is 15.9 Å². The highest BCUT2D eigenvalue weighted by atomic mass is 16.4. The van der Waals surface area contributed by atoms with Crippen LogP contribution in [0.15, 0.2) is 91.0 Å². The van der Waals surface area contributed by atoms with Gasteiger partial charge in [0.1, 0.15) is 0 Å². The van der Waals surface area contributed by atoms with Crippen molar-refractivity contribution in [2.75, 3.05) is 4.90 Å². The fraction of sp³-hybridized carbons (Fsp3) is 0.0417. The molecule has 27 heavy (non-hydrogen) atoms. The van der Waals surface area contributed by atoms with Gasteiger partial charge in [-0.15, -0.1) is 0 Å². The molecule has 3 nitrogen and oxygen atoms in total. The summed E-state index contributed by atoms with van der Waals surface area (Å²) < 4.78 is 0. The molecule has 0 bridgehead atoms. The van der Waals surface area contributed by atoms with E-state index in [0.717, 1.165) is 27.8 Å². The molecule has 1 N–H and O–H groups in total. The Balaban J connectivity index is 1.93. The highest BCUT2D eigenvalue weighted by Gasteiger charge is 2.15. The van der Waals surface area contributed by atoms with Crippen LogP contribution in [0.2, 0.25) is 0 Å². The SMILES string of the molecule is Cc1ccc(N(c2ccc(C(=O)O)cc2)c2cccc3ccccc23)cc1. The number of anilines is 3. The van der Waals surface area contributed by atoms with Gasteiger partial charge in [-0.05, 0) is 54.8 Å². The third-order valence-electron chi connectivity index (χ3n) is 4.67. The minimum atomic E-state index is -0.923. The molecule has 0 aliphatic carbocycles. The Kier molecular flexibility index (Phi) is 4.35. The van der Waals surface area contributed by atoms with Gasteiger partial charge in [0.15, 0.2) is 0 Å². The number of aryl methyl sites for hydroxylation is 1. The first-order valence-corrected chi connectivity index (χ1v) is 8.81. The van der Waals surface area contributed by atoms with Gasteiger partial charge in [0, 0.05) is 16.8 Å². The van der Waals surface area contributed by atoms with Crippen LogP contribution in [0.3, 0.4) is 0 Å². The highest BCUT2D eigenvalue weighted by Crippen LogP contribution is 2.38. The maximum absolute atomic E-state index is 11.2. The Bertz CT molecular complexity index is 1090. The molecule has 0 fully saturated rings. The second kappa shape index (κ2) is 6.96. The van der Waals surface area contributed by atoms with Crippen molar-refractivity contribution in [3.63, 3.8) is 0 Å². The minimum Gasteiger partial charge on any atom is -0.478 e. The quantitative estimate of drug-likeness (QED) is 0.467. The molecule has 0 radical (unpaired) electrons. The van der Waals surface area contributed by atoms with E-state index in [9.17, 15) is 9.90 Å². The summed E-state index contributed by atoms with van der Waals surface area (Å²) in [5, 5.41) is 11.5. The standard InChI is InChI=1S/C24H19NO2/c1-17-9-13-20(14-10-17)25(21-15-11-19(12-16-21)24(26)27)23-8-4-6-18-5-2-3-7-22(18)23/h2-16H,1H3,(H,26,27). The van der Waals surface area contributed by atoms with Crippen molar-refractivity contribution in [2.24, 2.45) is 0 Å². The van der Waals surface area contributed by atoms with E-state index in [1.165, 1.54) is 5.56 Å². The van der Waals surface area contributed by atoms with Crippen molar-refractivity contribution < 1.29 is 9.90 Å². The summed E-state index contributed by atoms with van der Waals surface area (Å²) in [6.45, 7) is 2.06. The number of benzene rings is 4. The summed E-state index contributed by atoms with van der Waals surface area (Å²) in [6.07, 6.45) is 0. The number of carbonyl (C=O) groups is 1. The van der Waals surface area contributed by atoms with Gasteiger partial charge >= 0.3 is 5.97 Å². The first-order chi connectivity index (χ1) is 13.1. The molecule has 4 rings (SSSR count). The van der Waals surface area contributed by atoms with Gasteiger partial charge < -0.3 is 10.0 Å². The Morgan fingerprint density at radius 1 is 0.741 bits per heavy atom. The predicted octanol–water partition coefficient (Wildman–Crippen LogP) is 6.32. The summed E-state index contributed by atoms with van der Waals surface area (Å²) in [7, 11) is 0. The van der Waals surface area contributed by atoms with Gasteiger partial charge in [-0.3, -0.25) is 0 Å². The lowest BCUT2D eigenvalue weighted by atomic mass is 10.1. The lowest BCUT2D eigenvalue weighted by molar-refractivity contribution is 0.0697. The number of hydrogen-bond donors (Lipinski definition) is 1. The minimum absolute atomic E-state index is 0.278. The van der Waals surface area contributed by atoms with E-state index in [0.29, 0.717) is 0 Å². The maximum atomic E-state index is 11.2. The van der Waals surface area contributed by atoms with Crippen molar-refractivity contribution in [1.82, 2.24) is 0 Å². The Labute approximate surface area is 158 Å². The molecule has 0 saturated carbocycles. The van der Waals surface area contributed by atoms with Crippen LogP contribution in [0.4, 0.5) is 17.1 Å². The molecule has 0 heterocycles. The van der Waals surface area contributed by atoms with E-state index in [-0.39, 0.29) is 5.56 Å².